The summed E-state index contributed by atoms with van der Waals surface area (Å²) in [6.07, 6.45) is 2.03. The molecule has 1 saturated heterocycles. The first-order valence-electron chi connectivity index (χ1n) is 7.25. The second kappa shape index (κ2) is 4.09. The first kappa shape index (κ1) is 13.3. The lowest BCUT2D eigenvalue weighted by Gasteiger charge is -2.46. The number of ether oxygens (including phenoxy) is 2. The highest BCUT2D eigenvalue weighted by Crippen LogP contribution is 2.62. The molecule has 0 radical (unpaired) electrons. The van der Waals surface area contributed by atoms with Gasteiger partial charge in [-0.3, -0.25) is 4.90 Å². The normalized spacial score (nSPS) is 40.2. The Morgan fingerprint density at radius 3 is 2.90 bits per heavy atom. The second-order valence-electron chi connectivity index (χ2n) is 6.38. The predicted octanol–water partition coefficient (Wildman–Crippen LogP) is 1.32. The first-order chi connectivity index (χ1) is 10.0. The van der Waals surface area contributed by atoms with Crippen LogP contribution in [0.15, 0.2) is 16.4 Å². The van der Waals surface area contributed by atoms with E-state index in [1.165, 1.54) is 0 Å². The molecule has 21 heavy (non-hydrogen) atoms. The Balaban J connectivity index is 1.95. The zero-order chi connectivity index (χ0) is 14.9. The molecule has 6 heteroatoms. The van der Waals surface area contributed by atoms with Gasteiger partial charge in [0.2, 0.25) is 0 Å². The lowest BCUT2D eigenvalue weighted by Crippen LogP contribution is -2.51. The topological polar surface area (TPSA) is 68.0 Å². The van der Waals surface area contributed by atoms with E-state index in [4.69, 9.17) is 14.0 Å². The van der Waals surface area contributed by atoms with Gasteiger partial charge in [0.1, 0.15) is 11.9 Å². The molecule has 2 bridgehead atoms. The number of rotatable bonds is 2. The zero-order valence-electron chi connectivity index (χ0n) is 12.7. The highest BCUT2D eigenvalue weighted by molar-refractivity contribution is 5.43. The van der Waals surface area contributed by atoms with Gasteiger partial charge in [-0.2, -0.15) is 0 Å². The molecule has 1 aromatic rings. The van der Waals surface area contributed by atoms with E-state index in [-0.39, 0.29) is 18.1 Å². The smallest absolute Gasteiger partial charge is 0.160 e. The van der Waals surface area contributed by atoms with Crippen LogP contribution in [0.1, 0.15) is 35.6 Å². The van der Waals surface area contributed by atoms with Crippen molar-refractivity contribution in [2.75, 3.05) is 21.2 Å². The number of aliphatic hydroxyl groups is 1. The third kappa shape index (κ3) is 1.40. The quantitative estimate of drug-likeness (QED) is 0.886. The van der Waals surface area contributed by atoms with E-state index in [1.54, 1.807) is 7.11 Å². The maximum absolute atomic E-state index is 11.0. The minimum atomic E-state index is -0.808. The van der Waals surface area contributed by atoms with Crippen molar-refractivity contribution in [3.8, 4) is 0 Å². The molecule has 1 aliphatic carbocycles. The van der Waals surface area contributed by atoms with Crippen LogP contribution in [-0.2, 0) is 9.47 Å². The fraction of sp³-hybridized carbons (Fsp3) is 0.667. The highest BCUT2D eigenvalue weighted by atomic mass is 16.6. The van der Waals surface area contributed by atoms with Crippen LogP contribution in [-0.4, -0.2) is 48.1 Å². The SMILES string of the molecule is COC1=C[C@H]2C[C@H]3[C@H](N(C)C)c4onc(C)c4C(O)[C@@]13O2. The van der Waals surface area contributed by atoms with Crippen LogP contribution in [0, 0.1) is 12.8 Å². The fourth-order valence-electron chi connectivity index (χ4n) is 4.38. The summed E-state index contributed by atoms with van der Waals surface area (Å²) in [5.74, 6) is 1.58. The predicted molar refractivity (Wildman–Crippen MR) is 73.4 cm³/mol. The average molecular weight is 292 g/mol. The van der Waals surface area contributed by atoms with Crippen LogP contribution in [0.25, 0.3) is 0 Å². The van der Waals surface area contributed by atoms with E-state index < -0.39 is 11.7 Å². The van der Waals surface area contributed by atoms with Crippen LogP contribution >= 0.6 is 0 Å². The minimum Gasteiger partial charge on any atom is -0.498 e. The first-order valence-corrected chi connectivity index (χ1v) is 7.25. The number of fused-ring (bicyclic) bond motifs is 2. The third-order valence-corrected chi connectivity index (χ3v) is 5.15. The average Bonchev–Trinajstić information content (AvgIpc) is 3.09. The minimum absolute atomic E-state index is 0.000628. The van der Waals surface area contributed by atoms with E-state index in [2.05, 4.69) is 10.1 Å². The van der Waals surface area contributed by atoms with E-state index in [0.29, 0.717) is 5.69 Å². The Morgan fingerprint density at radius 2 is 2.24 bits per heavy atom. The molecular weight excluding hydrogens is 272 g/mol. The Kier molecular flexibility index (Phi) is 2.59. The maximum atomic E-state index is 11.0. The number of aryl methyl sites for hydroxylation is 1. The van der Waals surface area contributed by atoms with Gasteiger partial charge in [-0.1, -0.05) is 5.16 Å². The molecule has 0 amide bonds. The molecule has 5 atom stereocenters. The summed E-state index contributed by atoms with van der Waals surface area (Å²) in [7, 11) is 5.66. The van der Waals surface area contributed by atoms with Crippen LogP contribution < -0.4 is 0 Å². The molecule has 6 nitrogen and oxygen atoms in total. The zero-order valence-corrected chi connectivity index (χ0v) is 12.7. The summed E-state index contributed by atoms with van der Waals surface area (Å²) < 4.78 is 17.3. The Morgan fingerprint density at radius 1 is 1.48 bits per heavy atom. The molecule has 1 unspecified atom stereocenters. The summed E-state index contributed by atoms with van der Waals surface area (Å²) in [6.45, 7) is 1.85. The molecule has 3 heterocycles. The van der Waals surface area contributed by atoms with Crippen molar-refractivity contribution in [1.29, 1.82) is 0 Å². The number of methoxy groups -OCH3 is 1. The van der Waals surface area contributed by atoms with E-state index in [0.717, 1.165) is 23.5 Å². The number of aliphatic hydroxyl groups excluding tert-OH is 1. The molecule has 0 saturated carbocycles. The lowest BCUT2D eigenvalue weighted by molar-refractivity contribution is -0.131. The molecular formula is C15H20N2O4. The maximum Gasteiger partial charge on any atom is 0.160 e. The Hall–Kier alpha value is -1.37. The summed E-state index contributed by atoms with van der Waals surface area (Å²) >= 11 is 0. The fourth-order valence-corrected chi connectivity index (χ4v) is 4.38. The third-order valence-electron chi connectivity index (χ3n) is 5.15. The summed E-state index contributed by atoms with van der Waals surface area (Å²) in [5.41, 5.74) is 0.652. The van der Waals surface area contributed by atoms with Crippen molar-refractivity contribution in [1.82, 2.24) is 10.1 Å². The van der Waals surface area contributed by atoms with Crippen molar-refractivity contribution < 1.29 is 19.1 Å². The van der Waals surface area contributed by atoms with Crippen LogP contribution in [0.2, 0.25) is 0 Å². The molecule has 1 aromatic heterocycles. The van der Waals surface area contributed by atoms with E-state index in [9.17, 15) is 5.11 Å². The van der Waals surface area contributed by atoms with Gasteiger partial charge in [-0.15, -0.1) is 0 Å². The molecule has 1 fully saturated rings. The number of hydrogen-bond acceptors (Lipinski definition) is 6. The number of hydrogen-bond donors (Lipinski definition) is 1. The Bertz CT molecular complexity index is 623. The molecule has 114 valence electrons. The van der Waals surface area contributed by atoms with Crippen molar-refractivity contribution >= 4 is 0 Å². The van der Waals surface area contributed by atoms with Crippen LogP contribution in [0.4, 0.5) is 0 Å². The van der Waals surface area contributed by atoms with Crippen molar-refractivity contribution in [3.63, 3.8) is 0 Å². The Labute approximate surface area is 123 Å². The summed E-state index contributed by atoms with van der Waals surface area (Å²) in [4.78, 5) is 2.11. The van der Waals surface area contributed by atoms with Crippen molar-refractivity contribution in [2.24, 2.45) is 5.92 Å². The number of aromatic nitrogens is 1. The van der Waals surface area contributed by atoms with Crippen LogP contribution in [0.3, 0.4) is 0 Å². The van der Waals surface area contributed by atoms with Gasteiger partial charge < -0.3 is 19.1 Å². The number of nitrogens with zero attached hydrogens (tertiary/aromatic N) is 2. The van der Waals surface area contributed by atoms with Gasteiger partial charge in [-0.05, 0) is 33.5 Å². The molecule has 1 N–H and O–H groups in total. The van der Waals surface area contributed by atoms with Gasteiger partial charge >= 0.3 is 0 Å². The van der Waals surface area contributed by atoms with Gasteiger partial charge in [0.05, 0.1) is 30.5 Å². The second-order valence-corrected chi connectivity index (χ2v) is 6.38. The van der Waals surface area contributed by atoms with Gasteiger partial charge in [0, 0.05) is 5.92 Å². The standard InChI is InChI=1S/C15H20N2O4/c1-7-11-13(21-16-7)12(17(2)3)9-5-8-6-10(19-4)15(9,20-8)14(11)18/h6,8-9,12,14,18H,5H2,1-4H3/t8-,9+,12+,14?,15+/m1/s1. The lowest BCUT2D eigenvalue weighted by atomic mass is 9.66. The van der Waals surface area contributed by atoms with Crippen molar-refractivity contribution in [3.05, 3.63) is 28.9 Å². The van der Waals surface area contributed by atoms with Gasteiger partial charge in [0.15, 0.2) is 11.4 Å². The molecule has 2 aliphatic heterocycles. The van der Waals surface area contributed by atoms with E-state index >= 15 is 0 Å². The largest absolute Gasteiger partial charge is 0.498 e. The van der Waals surface area contributed by atoms with Gasteiger partial charge in [-0.25, -0.2) is 0 Å². The van der Waals surface area contributed by atoms with Gasteiger partial charge in [0.25, 0.3) is 0 Å². The monoisotopic (exact) mass is 292 g/mol. The summed E-state index contributed by atoms with van der Waals surface area (Å²) in [5, 5.41) is 15.1. The van der Waals surface area contributed by atoms with Crippen LogP contribution in [0.5, 0.6) is 0 Å². The molecule has 1 spiro atoms. The molecule has 0 aromatic carbocycles. The summed E-state index contributed by atoms with van der Waals surface area (Å²) in [6, 6.07) is 0.0217. The van der Waals surface area contributed by atoms with E-state index in [1.807, 2.05) is 27.1 Å². The highest BCUT2D eigenvalue weighted by Gasteiger charge is 2.67. The molecule has 3 aliphatic rings. The molecule has 4 rings (SSSR count). The van der Waals surface area contributed by atoms with Crippen molar-refractivity contribution in [2.45, 2.75) is 37.2 Å².